The summed E-state index contributed by atoms with van der Waals surface area (Å²) in [6.07, 6.45) is 0. The Morgan fingerprint density at radius 1 is 1.12 bits per heavy atom. The van der Waals surface area contributed by atoms with Gasteiger partial charge < -0.3 is 5.11 Å². The van der Waals surface area contributed by atoms with Gasteiger partial charge in [0.05, 0.1) is 0 Å². The molecule has 0 radical (unpaired) electrons. The van der Waals surface area contributed by atoms with Crippen molar-refractivity contribution in [3.63, 3.8) is 0 Å². The second-order valence-corrected chi connectivity index (χ2v) is 3.50. The van der Waals surface area contributed by atoms with Crippen LogP contribution in [0.15, 0.2) is 42.5 Å². The van der Waals surface area contributed by atoms with Gasteiger partial charge in [-0.2, -0.15) is 0 Å². The van der Waals surface area contributed by atoms with Gasteiger partial charge in [0.15, 0.2) is 0 Å². The molecule has 0 aliphatic carbocycles. The molecule has 0 unspecified atom stereocenters. The van der Waals surface area contributed by atoms with E-state index in [9.17, 15) is 4.79 Å². The molecular formula is C13H11NO2. The predicted molar refractivity (Wildman–Crippen MR) is 61.4 cm³/mol. The lowest BCUT2D eigenvalue weighted by Crippen LogP contribution is -2.01. The molecule has 0 aliphatic rings. The quantitative estimate of drug-likeness (QED) is 0.834. The van der Waals surface area contributed by atoms with Gasteiger partial charge in [0.25, 0.3) is 0 Å². The molecule has 0 spiro atoms. The maximum absolute atomic E-state index is 10.7. The summed E-state index contributed by atoms with van der Waals surface area (Å²) in [6.45, 7) is 1.81. The fraction of sp³-hybridized carbons (Fsp3) is 0.0769. The summed E-state index contributed by atoms with van der Waals surface area (Å²) in [5.74, 6) is -0.997. The second kappa shape index (κ2) is 4.14. The standard InChI is InChI=1S/C13H11NO2/c1-9-11(10-5-3-2-4-6-10)7-8-12(14-9)13(15)16/h2-8H,1H3,(H,15,16). The number of rotatable bonds is 2. The summed E-state index contributed by atoms with van der Waals surface area (Å²) >= 11 is 0. The summed E-state index contributed by atoms with van der Waals surface area (Å²) in [4.78, 5) is 14.8. The van der Waals surface area contributed by atoms with Crippen molar-refractivity contribution in [1.29, 1.82) is 0 Å². The summed E-state index contributed by atoms with van der Waals surface area (Å²) < 4.78 is 0. The summed E-state index contributed by atoms with van der Waals surface area (Å²) in [7, 11) is 0. The topological polar surface area (TPSA) is 50.2 Å². The second-order valence-electron chi connectivity index (χ2n) is 3.50. The Kier molecular flexibility index (Phi) is 2.68. The number of pyridine rings is 1. The molecule has 0 fully saturated rings. The van der Waals surface area contributed by atoms with Crippen molar-refractivity contribution < 1.29 is 9.90 Å². The molecule has 2 rings (SSSR count). The molecule has 1 heterocycles. The van der Waals surface area contributed by atoms with Gasteiger partial charge in [0.2, 0.25) is 0 Å². The minimum atomic E-state index is -0.997. The molecule has 0 saturated carbocycles. The predicted octanol–water partition coefficient (Wildman–Crippen LogP) is 2.76. The lowest BCUT2D eigenvalue weighted by atomic mass is 10.0. The molecule has 1 aromatic carbocycles. The molecule has 0 amide bonds. The molecule has 3 nitrogen and oxygen atoms in total. The van der Waals surface area contributed by atoms with Gasteiger partial charge in [-0.1, -0.05) is 36.4 Å². The third-order valence-electron chi connectivity index (χ3n) is 2.39. The first-order valence-corrected chi connectivity index (χ1v) is 4.95. The minimum absolute atomic E-state index is 0.0807. The third-order valence-corrected chi connectivity index (χ3v) is 2.39. The molecule has 80 valence electrons. The zero-order chi connectivity index (χ0) is 11.5. The molecule has 0 atom stereocenters. The highest BCUT2D eigenvalue weighted by Gasteiger charge is 2.08. The fourth-order valence-corrected chi connectivity index (χ4v) is 1.60. The van der Waals surface area contributed by atoms with Crippen molar-refractivity contribution in [2.45, 2.75) is 6.92 Å². The van der Waals surface area contributed by atoms with E-state index in [0.29, 0.717) is 0 Å². The Balaban J connectivity index is 2.48. The SMILES string of the molecule is Cc1nc(C(=O)O)ccc1-c1ccccc1. The van der Waals surface area contributed by atoms with E-state index in [-0.39, 0.29) is 5.69 Å². The molecule has 2 aromatic rings. The van der Waals surface area contributed by atoms with Crippen molar-refractivity contribution in [1.82, 2.24) is 4.98 Å². The first-order valence-electron chi connectivity index (χ1n) is 4.95. The lowest BCUT2D eigenvalue weighted by Gasteiger charge is -2.05. The number of aryl methyl sites for hydroxylation is 1. The largest absolute Gasteiger partial charge is 0.477 e. The number of hydrogen-bond donors (Lipinski definition) is 1. The number of carboxylic acid groups (broad SMARTS) is 1. The van der Waals surface area contributed by atoms with Crippen LogP contribution in [-0.2, 0) is 0 Å². The smallest absolute Gasteiger partial charge is 0.354 e. The number of hydrogen-bond acceptors (Lipinski definition) is 2. The Morgan fingerprint density at radius 3 is 2.38 bits per heavy atom. The van der Waals surface area contributed by atoms with Crippen LogP contribution in [0, 0.1) is 6.92 Å². The monoisotopic (exact) mass is 213 g/mol. The van der Waals surface area contributed by atoms with Gasteiger partial charge in [-0.05, 0) is 18.6 Å². The third kappa shape index (κ3) is 1.93. The van der Waals surface area contributed by atoms with Crippen molar-refractivity contribution >= 4 is 5.97 Å². The van der Waals surface area contributed by atoms with Gasteiger partial charge in [-0.25, -0.2) is 9.78 Å². The Bertz CT molecular complexity index is 521. The highest BCUT2D eigenvalue weighted by molar-refractivity contribution is 5.86. The number of aromatic carboxylic acids is 1. The van der Waals surface area contributed by atoms with Crippen molar-refractivity contribution in [3.8, 4) is 11.1 Å². The molecule has 0 aliphatic heterocycles. The number of nitrogens with zero attached hydrogens (tertiary/aromatic N) is 1. The summed E-state index contributed by atoms with van der Waals surface area (Å²) in [6, 6.07) is 13.1. The molecule has 0 bridgehead atoms. The molecule has 3 heteroatoms. The number of carbonyl (C=O) groups is 1. The van der Waals surface area contributed by atoms with Gasteiger partial charge in [0, 0.05) is 11.3 Å². The van der Waals surface area contributed by atoms with Crippen LogP contribution in [0.1, 0.15) is 16.2 Å². The van der Waals surface area contributed by atoms with E-state index in [0.717, 1.165) is 16.8 Å². The Hall–Kier alpha value is -2.16. The fourth-order valence-electron chi connectivity index (χ4n) is 1.60. The van der Waals surface area contributed by atoms with Gasteiger partial charge in [-0.3, -0.25) is 0 Å². The first kappa shape index (κ1) is 10.4. The van der Waals surface area contributed by atoms with E-state index in [2.05, 4.69) is 4.98 Å². The van der Waals surface area contributed by atoms with Crippen LogP contribution in [0.25, 0.3) is 11.1 Å². The molecule has 16 heavy (non-hydrogen) atoms. The zero-order valence-electron chi connectivity index (χ0n) is 8.84. The van der Waals surface area contributed by atoms with Crippen LogP contribution in [0.3, 0.4) is 0 Å². The number of carboxylic acids is 1. The number of aromatic nitrogens is 1. The zero-order valence-corrected chi connectivity index (χ0v) is 8.84. The Labute approximate surface area is 93.4 Å². The molecular weight excluding hydrogens is 202 g/mol. The van der Waals surface area contributed by atoms with Crippen molar-refractivity contribution in [3.05, 3.63) is 53.9 Å². The van der Waals surface area contributed by atoms with Crippen molar-refractivity contribution in [2.75, 3.05) is 0 Å². The van der Waals surface area contributed by atoms with E-state index in [1.54, 1.807) is 6.07 Å². The van der Waals surface area contributed by atoms with Gasteiger partial charge in [0.1, 0.15) is 5.69 Å². The molecule has 0 saturated heterocycles. The maximum Gasteiger partial charge on any atom is 0.354 e. The van der Waals surface area contributed by atoms with E-state index < -0.39 is 5.97 Å². The number of benzene rings is 1. The van der Waals surface area contributed by atoms with Crippen LogP contribution < -0.4 is 0 Å². The van der Waals surface area contributed by atoms with Crippen molar-refractivity contribution in [2.24, 2.45) is 0 Å². The lowest BCUT2D eigenvalue weighted by molar-refractivity contribution is 0.0690. The van der Waals surface area contributed by atoms with E-state index in [1.165, 1.54) is 6.07 Å². The first-order chi connectivity index (χ1) is 7.68. The van der Waals surface area contributed by atoms with Crippen LogP contribution in [0.2, 0.25) is 0 Å². The van der Waals surface area contributed by atoms with E-state index in [1.807, 2.05) is 37.3 Å². The Morgan fingerprint density at radius 2 is 1.81 bits per heavy atom. The maximum atomic E-state index is 10.7. The summed E-state index contributed by atoms with van der Waals surface area (Å²) in [5.41, 5.74) is 2.82. The van der Waals surface area contributed by atoms with Gasteiger partial charge in [-0.15, -0.1) is 0 Å². The summed E-state index contributed by atoms with van der Waals surface area (Å²) in [5, 5.41) is 8.81. The van der Waals surface area contributed by atoms with Crippen LogP contribution >= 0.6 is 0 Å². The van der Waals surface area contributed by atoms with Gasteiger partial charge >= 0.3 is 5.97 Å². The normalized spacial score (nSPS) is 10.1. The average Bonchev–Trinajstić information content (AvgIpc) is 2.30. The van der Waals surface area contributed by atoms with Crippen LogP contribution in [0.4, 0.5) is 0 Å². The molecule has 1 aromatic heterocycles. The molecule has 1 N–H and O–H groups in total. The highest BCUT2D eigenvalue weighted by Crippen LogP contribution is 2.21. The highest BCUT2D eigenvalue weighted by atomic mass is 16.4. The minimum Gasteiger partial charge on any atom is -0.477 e. The van der Waals surface area contributed by atoms with E-state index >= 15 is 0 Å². The van der Waals surface area contributed by atoms with Crippen LogP contribution in [0.5, 0.6) is 0 Å². The van der Waals surface area contributed by atoms with E-state index in [4.69, 9.17) is 5.11 Å². The van der Waals surface area contributed by atoms with Crippen LogP contribution in [-0.4, -0.2) is 16.1 Å². The average molecular weight is 213 g/mol.